The molecule has 0 bridgehead atoms. The Morgan fingerprint density at radius 3 is 2.60 bits per heavy atom. The van der Waals surface area contributed by atoms with Gasteiger partial charge < -0.3 is 10.3 Å². The minimum absolute atomic E-state index is 0.223. The fourth-order valence-electron chi connectivity index (χ4n) is 1.76. The SMILES string of the molecule is Cc1nc(-c2sc(C(N)=O)nc2-c2ccccc2)no1. The Balaban J connectivity index is 2.20. The van der Waals surface area contributed by atoms with Crippen molar-refractivity contribution in [2.24, 2.45) is 5.73 Å². The quantitative estimate of drug-likeness (QED) is 0.796. The zero-order chi connectivity index (χ0) is 14.1. The molecule has 7 heteroatoms. The molecule has 2 aromatic heterocycles. The van der Waals surface area contributed by atoms with Gasteiger partial charge in [-0.2, -0.15) is 4.98 Å². The summed E-state index contributed by atoms with van der Waals surface area (Å²) < 4.78 is 4.98. The number of carbonyl (C=O) groups is 1. The first kappa shape index (κ1) is 12.5. The van der Waals surface area contributed by atoms with Crippen molar-refractivity contribution in [3.63, 3.8) is 0 Å². The number of nitrogens with zero attached hydrogens (tertiary/aromatic N) is 3. The molecule has 3 aromatic rings. The molecule has 0 saturated carbocycles. The van der Waals surface area contributed by atoms with Gasteiger partial charge in [-0.3, -0.25) is 4.79 Å². The molecule has 0 saturated heterocycles. The van der Waals surface area contributed by atoms with Crippen molar-refractivity contribution in [2.75, 3.05) is 0 Å². The van der Waals surface area contributed by atoms with Gasteiger partial charge in [0.15, 0.2) is 5.01 Å². The lowest BCUT2D eigenvalue weighted by Crippen LogP contribution is -2.10. The summed E-state index contributed by atoms with van der Waals surface area (Å²) in [6, 6.07) is 9.49. The van der Waals surface area contributed by atoms with Crippen LogP contribution in [0.5, 0.6) is 0 Å². The van der Waals surface area contributed by atoms with Crippen LogP contribution in [0.1, 0.15) is 15.7 Å². The van der Waals surface area contributed by atoms with Crippen LogP contribution in [0, 0.1) is 6.92 Å². The summed E-state index contributed by atoms with van der Waals surface area (Å²) in [5.41, 5.74) is 6.80. The van der Waals surface area contributed by atoms with Gasteiger partial charge in [-0.05, 0) is 0 Å². The molecule has 0 radical (unpaired) electrons. The van der Waals surface area contributed by atoms with E-state index in [0.29, 0.717) is 22.3 Å². The fraction of sp³-hybridized carbons (Fsp3) is 0.0769. The number of hydrogen-bond acceptors (Lipinski definition) is 6. The average Bonchev–Trinajstić information content (AvgIpc) is 3.05. The van der Waals surface area contributed by atoms with E-state index in [-0.39, 0.29) is 5.01 Å². The monoisotopic (exact) mass is 286 g/mol. The van der Waals surface area contributed by atoms with Gasteiger partial charge in [0.25, 0.3) is 5.91 Å². The molecule has 20 heavy (non-hydrogen) atoms. The zero-order valence-corrected chi connectivity index (χ0v) is 11.3. The van der Waals surface area contributed by atoms with E-state index < -0.39 is 5.91 Å². The molecule has 1 aromatic carbocycles. The van der Waals surface area contributed by atoms with Crippen LogP contribution in [-0.4, -0.2) is 21.0 Å². The number of carbonyl (C=O) groups excluding carboxylic acids is 1. The number of aryl methyl sites for hydroxylation is 1. The fourth-order valence-corrected chi connectivity index (χ4v) is 2.63. The van der Waals surface area contributed by atoms with Crippen molar-refractivity contribution in [3.8, 4) is 22.0 Å². The third kappa shape index (κ3) is 2.19. The molecule has 0 fully saturated rings. The van der Waals surface area contributed by atoms with Gasteiger partial charge in [-0.1, -0.05) is 35.5 Å². The number of primary amides is 1. The summed E-state index contributed by atoms with van der Waals surface area (Å²) in [6.07, 6.45) is 0. The van der Waals surface area contributed by atoms with E-state index in [9.17, 15) is 4.79 Å². The van der Waals surface area contributed by atoms with E-state index in [1.165, 1.54) is 0 Å². The molecule has 2 N–H and O–H groups in total. The van der Waals surface area contributed by atoms with Crippen molar-refractivity contribution in [2.45, 2.75) is 6.92 Å². The van der Waals surface area contributed by atoms with E-state index in [4.69, 9.17) is 10.3 Å². The van der Waals surface area contributed by atoms with Crippen LogP contribution in [0.15, 0.2) is 34.9 Å². The van der Waals surface area contributed by atoms with Crippen molar-refractivity contribution < 1.29 is 9.32 Å². The summed E-state index contributed by atoms with van der Waals surface area (Å²) in [4.78, 5) is 20.5. The molecular weight excluding hydrogens is 276 g/mol. The standard InChI is InChI=1S/C13H10N4O2S/c1-7-15-12(17-19-7)10-9(8-5-3-2-4-6-8)16-13(20-10)11(14)18/h2-6H,1H3,(H2,14,18). The van der Waals surface area contributed by atoms with Gasteiger partial charge >= 0.3 is 0 Å². The van der Waals surface area contributed by atoms with Crippen molar-refractivity contribution in [1.82, 2.24) is 15.1 Å². The van der Waals surface area contributed by atoms with Crippen LogP contribution < -0.4 is 5.73 Å². The number of rotatable bonds is 3. The maximum Gasteiger partial charge on any atom is 0.277 e. The average molecular weight is 286 g/mol. The number of hydrogen-bond donors (Lipinski definition) is 1. The molecule has 0 aliphatic rings. The van der Waals surface area contributed by atoms with E-state index in [2.05, 4.69) is 15.1 Å². The second-order valence-corrected chi connectivity index (χ2v) is 5.06. The molecule has 0 aliphatic heterocycles. The van der Waals surface area contributed by atoms with Crippen molar-refractivity contribution in [3.05, 3.63) is 41.2 Å². The first-order chi connectivity index (χ1) is 9.65. The van der Waals surface area contributed by atoms with E-state index in [1.54, 1.807) is 6.92 Å². The van der Waals surface area contributed by atoms with Crippen LogP contribution in [0.2, 0.25) is 0 Å². The number of amides is 1. The number of nitrogens with two attached hydrogens (primary N) is 1. The van der Waals surface area contributed by atoms with Gasteiger partial charge in [0.2, 0.25) is 11.7 Å². The highest BCUT2D eigenvalue weighted by Gasteiger charge is 2.20. The predicted molar refractivity (Wildman–Crippen MR) is 74.1 cm³/mol. The Morgan fingerprint density at radius 1 is 1.25 bits per heavy atom. The van der Waals surface area contributed by atoms with Crippen molar-refractivity contribution in [1.29, 1.82) is 0 Å². The molecule has 6 nitrogen and oxygen atoms in total. The summed E-state index contributed by atoms with van der Waals surface area (Å²) >= 11 is 1.16. The van der Waals surface area contributed by atoms with Gasteiger partial charge in [-0.15, -0.1) is 11.3 Å². The lowest BCUT2D eigenvalue weighted by molar-refractivity contribution is 0.1000. The molecule has 1 amide bonds. The molecule has 0 spiro atoms. The molecule has 100 valence electrons. The van der Waals surface area contributed by atoms with Crippen LogP contribution in [0.25, 0.3) is 22.0 Å². The number of aromatic nitrogens is 3. The van der Waals surface area contributed by atoms with Crippen molar-refractivity contribution >= 4 is 17.2 Å². The minimum atomic E-state index is -0.571. The highest BCUT2D eigenvalue weighted by atomic mass is 32.1. The highest BCUT2D eigenvalue weighted by Crippen LogP contribution is 2.35. The topological polar surface area (TPSA) is 94.9 Å². The maximum absolute atomic E-state index is 11.3. The van der Waals surface area contributed by atoms with E-state index in [0.717, 1.165) is 16.9 Å². The Labute approximate surface area is 118 Å². The normalized spacial score (nSPS) is 10.7. The lowest BCUT2D eigenvalue weighted by Gasteiger charge is -1.97. The first-order valence-corrected chi connectivity index (χ1v) is 6.63. The number of benzene rings is 1. The van der Waals surface area contributed by atoms with Crippen LogP contribution in [0.4, 0.5) is 0 Å². The molecule has 0 atom stereocenters. The highest BCUT2D eigenvalue weighted by molar-refractivity contribution is 7.17. The molecule has 3 rings (SSSR count). The summed E-state index contributed by atoms with van der Waals surface area (Å²) in [5.74, 6) is 0.290. The third-order valence-corrected chi connectivity index (χ3v) is 3.68. The van der Waals surface area contributed by atoms with Gasteiger partial charge in [-0.25, -0.2) is 4.98 Å². The summed E-state index contributed by atoms with van der Waals surface area (Å²) in [6.45, 7) is 1.70. The van der Waals surface area contributed by atoms with Gasteiger partial charge in [0.1, 0.15) is 4.88 Å². The summed E-state index contributed by atoms with van der Waals surface area (Å²) in [5, 5.41) is 4.10. The minimum Gasteiger partial charge on any atom is -0.364 e. The van der Waals surface area contributed by atoms with Crippen LogP contribution in [0.3, 0.4) is 0 Å². The Bertz CT molecular complexity index is 764. The molecule has 0 unspecified atom stereocenters. The lowest BCUT2D eigenvalue weighted by atomic mass is 10.1. The van der Waals surface area contributed by atoms with Crippen LogP contribution in [-0.2, 0) is 0 Å². The van der Waals surface area contributed by atoms with Gasteiger partial charge in [0, 0.05) is 12.5 Å². The second-order valence-electron chi connectivity index (χ2n) is 4.06. The maximum atomic E-state index is 11.3. The molecular formula is C13H10N4O2S. The number of thiazole rings is 1. The van der Waals surface area contributed by atoms with Gasteiger partial charge in [0.05, 0.1) is 5.69 Å². The third-order valence-electron chi connectivity index (χ3n) is 2.62. The first-order valence-electron chi connectivity index (χ1n) is 5.82. The Kier molecular flexibility index (Phi) is 3.03. The van der Waals surface area contributed by atoms with E-state index >= 15 is 0 Å². The molecule has 2 heterocycles. The zero-order valence-electron chi connectivity index (χ0n) is 10.5. The molecule has 0 aliphatic carbocycles. The largest absolute Gasteiger partial charge is 0.364 e. The second kappa shape index (κ2) is 4.86. The smallest absolute Gasteiger partial charge is 0.277 e. The predicted octanol–water partition coefficient (Wildman–Crippen LogP) is 2.27. The van der Waals surface area contributed by atoms with E-state index in [1.807, 2.05) is 30.3 Å². The summed E-state index contributed by atoms with van der Waals surface area (Å²) in [7, 11) is 0. The Morgan fingerprint density at radius 2 is 2.00 bits per heavy atom. The van der Waals surface area contributed by atoms with Crippen LogP contribution >= 0.6 is 11.3 Å². The Hall–Kier alpha value is -2.54.